The summed E-state index contributed by atoms with van der Waals surface area (Å²) < 4.78 is 5.67. The van der Waals surface area contributed by atoms with E-state index in [2.05, 4.69) is 41.2 Å². The molecule has 1 aromatic heterocycles. The zero-order valence-electron chi connectivity index (χ0n) is 13.2. The van der Waals surface area contributed by atoms with Crippen molar-refractivity contribution in [1.82, 2.24) is 20.2 Å². The lowest BCUT2D eigenvalue weighted by atomic mass is 9.98. The highest BCUT2D eigenvalue weighted by atomic mass is 16.5. The van der Waals surface area contributed by atoms with Crippen LogP contribution >= 0.6 is 0 Å². The van der Waals surface area contributed by atoms with E-state index in [9.17, 15) is 0 Å². The minimum absolute atomic E-state index is 0.0374. The van der Waals surface area contributed by atoms with Gasteiger partial charge in [-0.15, -0.1) is 0 Å². The van der Waals surface area contributed by atoms with E-state index in [1.807, 2.05) is 12.3 Å². The van der Waals surface area contributed by atoms with Crippen molar-refractivity contribution < 1.29 is 4.74 Å². The molecule has 118 valence electrons. The number of rotatable bonds is 6. The summed E-state index contributed by atoms with van der Waals surface area (Å²) in [4.78, 5) is 8.98. The summed E-state index contributed by atoms with van der Waals surface area (Å²) >= 11 is 0. The number of hydrazine groups is 1. The molecule has 0 saturated carbocycles. The SMILES string of the molecule is CCCOc1cncc(C(NN)C2CN(C)CCN2C)c1. The standard InChI is InChI=1S/C15H27N5O/c1-4-7-21-13-8-12(9-17-10-13)15(18-16)14-11-19(2)5-6-20(14)3/h8-10,14-15,18H,4-7,11,16H2,1-3H3. The number of hydrogen-bond donors (Lipinski definition) is 2. The zero-order chi connectivity index (χ0) is 15.2. The molecule has 2 atom stereocenters. The van der Waals surface area contributed by atoms with Crippen LogP contribution in [0.25, 0.3) is 0 Å². The van der Waals surface area contributed by atoms with Gasteiger partial charge in [-0.2, -0.15) is 0 Å². The van der Waals surface area contributed by atoms with E-state index in [4.69, 9.17) is 10.6 Å². The van der Waals surface area contributed by atoms with Gasteiger partial charge in [0, 0.05) is 31.9 Å². The molecular weight excluding hydrogens is 266 g/mol. The number of hydrogen-bond acceptors (Lipinski definition) is 6. The third kappa shape index (κ3) is 4.14. The Balaban J connectivity index is 2.16. The van der Waals surface area contributed by atoms with Gasteiger partial charge < -0.3 is 9.64 Å². The monoisotopic (exact) mass is 293 g/mol. The number of nitrogens with zero attached hydrogens (tertiary/aromatic N) is 3. The first-order chi connectivity index (χ1) is 10.2. The fraction of sp³-hybridized carbons (Fsp3) is 0.667. The van der Waals surface area contributed by atoms with Gasteiger partial charge in [0.25, 0.3) is 0 Å². The molecule has 3 N–H and O–H groups in total. The molecular formula is C15H27N5O. The summed E-state index contributed by atoms with van der Waals surface area (Å²) in [7, 11) is 4.29. The summed E-state index contributed by atoms with van der Waals surface area (Å²) in [6.45, 7) is 5.90. The molecule has 1 aromatic rings. The second-order valence-corrected chi connectivity index (χ2v) is 5.76. The van der Waals surface area contributed by atoms with Crippen molar-refractivity contribution in [3.05, 3.63) is 24.0 Å². The predicted molar refractivity (Wildman–Crippen MR) is 84.0 cm³/mol. The van der Waals surface area contributed by atoms with Crippen molar-refractivity contribution in [2.24, 2.45) is 5.84 Å². The highest BCUT2D eigenvalue weighted by Crippen LogP contribution is 2.24. The summed E-state index contributed by atoms with van der Waals surface area (Å²) in [5.74, 6) is 6.64. The van der Waals surface area contributed by atoms with Crippen LogP contribution in [-0.4, -0.2) is 61.2 Å². The van der Waals surface area contributed by atoms with Crippen LogP contribution in [0.15, 0.2) is 18.5 Å². The highest BCUT2D eigenvalue weighted by Gasteiger charge is 2.30. The Kier molecular flexibility index (Phi) is 5.93. The lowest BCUT2D eigenvalue weighted by molar-refractivity contribution is 0.0875. The van der Waals surface area contributed by atoms with E-state index in [0.717, 1.165) is 37.4 Å². The molecule has 2 unspecified atom stereocenters. The number of likely N-dealkylation sites (N-methyl/N-ethyl adjacent to an activating group) is 2. The summed E-state index contributed by atoms with van der Waals surface area (Å²) in [6.07, 6.45) is 4.61. The third-order valence-corrected chi connectivity index (χ3v) is 4.03. The summed E-state index contributed by atoms with van der Waals surface area (Å²) in [6, 6.07) is 2.39. The number of pyridine rings is 1. The van der Waals surface area contributed by atoms with Gasteiger partial charge in [0.15, 0.2) is 0 Å². The van der Waals surface area contributed by atoms with E-state index >= 15 is 0 Å². The first-order valence-corrected chi connectivity index (χ1v) is 7.58. The fourth-order valence-corrected chi connectivity index (χ4v) is 2.74. The Bertz CT molecular complexity index is 442. The van der Waals surface area contributed by atoms with Crippen LogP contribution in [0.1, 0.15) is 24.9 Å². The van der Waals surface area contributed by atoms with Gasteiger partial charge in [0.2, 0.25) is 0 Å². The van der Waals surface area contributed by atoms with Gasteiger partial charge in [-0.1, -0.05) is 6.92 Å². The van der Waals surface area contributed by atoms with Crippen LogP contribution in [-0.2, 0) is 0 Å². The van der Waals surface area contributed by atoms with Crippen LogP contribution in [0.5, 0.6) is 5.75 Å². The molecule has 1 fully saturated rings. The van der Waals surface area contributed by atoms with E-state index in [-0.39, 0.29) is 6.04 Å². The van der Waals surface area contributed by atoms with Crippen LogP contribution in [0, 0.1) is 0 Å². The number of nitrogens with one attached hydrogen (secondary N) is 1. The zero-order valence-corrected chi connectivity index (χ0v) is 13.2. The molecule has 0 bridgehead atoms. The number of piperazine rings is 1. The normalized spacial score (nSPS) is 22.2. The van der Waals surface area contributed by atoms with Gasteiger partial charge in [-0.05, 0) is 32.1 Å². The van der Waals surface area contributed by atoms with Crippen LogP contribution in [0.4, 0.5) is 0 Å². The van der Waals surface area contributed by atoms with E-state index < -0.39 is 0 Å². The molecule has 0 radical (unpaired) electrons. The average molecular weight is 293 g/mol. The molecule has 0 aliphatic carbocycles. The Morgan fingerprint density at radius 2 is 2.24 bits per heavy atom. The van der Waals surface area contributed by atoms with Crippen molar-refractivity contribution in [3.63, 3.8) is 0 Å². The van der Waals surface area contributed by atoms with Crippen molar-refractivity contribution >= 4 is 0 Å². The lowest BCUT2D eigenvalue weighted by Gasteiger charge is -2.41. The number of aromatic nitrogens is 1. The average Bonchev–Trinajstić information content (AvgIpc) is 2.50. The lowest BCUT2D eigenvalue weighted by Crippen LogP contribution is -2.56. The maximum atomic E-state index is 5.83. The van der Waals surface area contributed by atoms with E-state index in [1.54, 1.807) is 6.20 Å². The molecule has 6 heteroatoms. The second kappa shape index (κ2) is 7.70. The molecule has 0 amide bonds. The molecule has 1 saturated heterocycles. The number of nitrogens with two attached hydrogens (primary N) is 1. The Labute approximate surface area is 127 Å². The maximum Gasteiger partial charge on any atom is 0.137 e. The maximum absolute atomic E-state index is 5.83. The van der Waals surface area contributed by atoms with E-state index in [0.29, 0.717) is 12.6 Å². The largest absolute Gasteiger partial charge is 0.492 e. The molecule has 6 nitrogen and oxygen atoms in total. The molecule has 2 heterocycles. The van der Waals surface area contributed by atoms with Gasteiger partial charge in [0.05, 0.1) is 18.8 Å². The molecule has 2 rings (SSSR count). The smallest absolute Gasteiger partial charge is 0.137 e. The Hall–Kier alpha value is -1.21. The van der Waals surface area contributed by atoms with Gasteiger partial charge in [-0.25, -0.2) is 0 Å². The van der Waals surface area contributed by atoms with Crippen molar-refractivity contribution in [2.75, 3.05) is 40.3 Å². The summed E-state index contributed by atoms with van der Waals surface area (Å²) in [5, 5.41) is 0. The molecule has 0 spiro atoms. The first kappa shape index (κ1) is 16.2. The highest BCUT2D eigenvalue weighted by molar-refractivity contribution is 5.27. The van der Waals surface area contributed by atoms with Gasteiger partial charge >= 0.3 is 0 Å². The van der Waals surface area contributed by atoms with Crippen LogP contribution in [0.2, 0.25) is 0 Å². The Morgan fingerprint density at radius 1 is 1.43 bits per heavy atom. The van der Waals surface area contributed by atoms with Crippen molar-refractivity contribution in [2.45, 2.75) is 25.4 Å². The quantitative estimate of drug-likeness (QED) is 0.592. The molecule has 0 aromatic carbocycles. The van der Waals surface area contributed by atoms with Gasteiger partial charge in [0.1, 0.15) is 5.75 Å². The summed E-state index contributed by atoms with van der Waals surface area (Å²) in [5.41, 5.74) is 4.03. The fourth-order valence-electron chi connectivity index (χ4n) is 2.74. The molecule has 1 aliphatic heterocycles. The topological polar surface area (TPSA) is 66.7 Å². The van der Waals surface area contributed by atoms with Crippen LogP contribution < -0.4 is 16.0 Å². The predicted octanol–water partition coefficient (Wildman–Crippen LogP) is 0.621. The van der Waals surface area contributed by atoms with E-state index in [1.165, 1.54) is 0 Å². The Morgan fingerprint density at radius 3 is 2.95 bits per heavy atom. The van der Waals surface area contributed by atoms with Gasteiger partial charge in [-0.3, -0.25) is 21.2 Å². The first-order valence-electron chi connectivity index (χ1n) is 7.58. The third-order valence-electron chi connectivity index (χ3n) is 4.03. The number of ether oxygens (including phenoxy) is 1. The van der Waals surface area contributed by atoms with Crippen molar-refractivity contribution in [3.8, 4) is 5.75 Å². The second-order valence-electron chi connectivity index (χ2n) is 5.76. The molecule has 1 aliphatic rings. The molecule has 21 heavy (non-hydrogen) atoms. The van der Waals surface area contributed by atoms with Crippen LogP contribution in [0.3, 0.4) is 0 Å². The minimum Gasteiger partial charge on any atom is -0.492 e. The van der Waals surface area contributed by atoms with Crippen molar-refractivity contribution in [1.29, 1.82) is 0 Å². The minimum atomic E-state index is 0.0374.